The Labute approximate surface area is 157 Å². The van der Waals surface area contributed by atoms with E-state index in [1.54, 1.807) is 0 Å². The maximum absolute atomic E-state index is 11.4. The van der Waals surface area contributed by atoms with Crippen molar-refractivity contribution in [3.63, 3.8) is 0 Å². The third-order valence-electron chi connectivity index (χ3n) is 5.49. The van der Waals surface area contributed by atoms with Crippen LogP contribution in [0.5, 0.6) is 0 Å². The molecule has 0 saturated heterocycles. The Morgan fingerprint density at radius 1 is 0.962 bits per heavy atom. The van der Waals surface area contributed by atoms with Gasteiger partial charge < -0.3 is 9.53 Å². The molecule has 3 nitrogen and oxygen atoms in total. The van der Waals surface area contributed by atoms with Crippen LogP contribution >= 0.6 is 0 Å². The second-order valence-electron chi connectivity index (χ2n) is 8.25. The minimum Gasteiger partial charge on any atom is -0.481 e. The van der Waals surface area contributed by atoms with Crippen LogP contribution in [0.15, 0.2) is 60.7 Å². The largest absolute Gasteiger partial charge is 0.481 e. The van der Waals surface area contributed by atoms with Gasteiger partial charge in [0.2, 0.25) is 0 Å². The van der Waals surface area contributed by atoms with Crippen LogP contribution in [-0.2, 0) is 9.22 Å². The molecule has 0 heterocycles. The van der Waals surface area contributed by atoms with Crippen molar-refractivity contribution in [2.24, 2.45) is 5.92 Å². The Kier molecular flexibility index (Phi) is 5.35. The number of rotatable bonds is 5. The number of aliphatic carboxylic acids is 1. The second-order valence-corrected chi connectivity index (χ2v) is 12.5. The molecular formula is C22H28O3Si. The van der Waals surface area contributed by atoms with Gasteiger partial charge in [0.25, 0.3) is 8.32 Å². The summed E-state index contributed by atoms with van der Waals surface area (Å²) in [4.78, 5) is 11.4. The number of carbonyl (C=O) groups is 1. The topological polar surface area (TPSA) is 46.5 Å². The predicted molar refractivity (Wildman–Crippen MR) is 107 cm³/mol. The zero-order chi connectivity index (χ0) is 18.8. The molecule has 0 aromatic heterocycles. The van der Waals surface area contributed by atoms with E-state index in [1.807, 2.05) is 12.1 Å². The molecule has 1 saturated carbocycles. The molecule has 0 unspecified atom stereocenters. The van der Waals surface area contributed by atoms with Gasteiger partial charge in [0.15, 0.2) is 0 Å². The summed E-state index contributed by atoms with van der Waals surface area (Å²) >= 11 is 0. The number of hydrogen-bond acceptors (Lipinski definition) is 2. The molecular weight excluding hydrogens is 340 g/mol. The number of carboxylic acid groups (broad SMARTS) is 1. The number of carboxylic acids is 1. The first-order valence-electron chi connectivity index (χ1n) is 9.36. The minimum atomic E-state index is -2.57. The Morgan fingerprint density at radius 2 is 1.46 bits per heavy atom. The smallest absolute Gasteiger partial charge is 0.306 e. The van der Waals surface area contributed by atoms with Crippen molar-refractivity contribution >= 4 is 24.7 Å². The van der Waals surface area contributed by atoms with Gasteiger partial charge in [-0.1, -0.05) is 81.4 Å². The Morgan fingerprint density at radius 3 is 1.85 bits per heavy atom. The van der Waals surface area contributed by atoms with Crippen molar-refractivity contribution in [1.29, 1.82) is 0 Å². The van der Waals surface area contributed by atoms with Gasteiger partial charge in [0, 0.05) is 6.10 Å². The van der Waals surface area contributed by atoms with Crippen molar-refractivity contribution in [2.45, 2.75) is 51.2 Å². The van der Waals surface area contributed by atoms with Gasteiger partial charge in [-0.2, -0.15) is 0 Å². The average Bonchev–Trinajstić information content (AvgIpc) is 3.09. The fraction of sp³-hybridized carbons (Fsp3) is 0.409. The van der Waals surface area contributed by atoms with E-state index in [0.717, 1.165) is 6.42 Å². The second kappa shape index (κ2) is 7.37. The van der Waals surface area contributed by atoms with Crippen LogP contribution in [0.2, 0.25) is 5.04 Å². The van der Waals surface area contributed by atoms with Crippen LogP contribution in [0.1, 0.15) is 40.0 Å². The Balaban J connectivity index is 2.08. The van der Waals surface area contributed by atoms with Gasteiger partial charge >= 0.3 is 5.97 Å². The third kappa shape index (κ3) is 3.48. The van der Waals surface area contributed by atoms with E-state index in [9.17, 15) is 9.90 Å². The highest BCUT2D eigenvalue weighted by Gasteiger charge is 2.52. The Bertz CT molecular complexity index is 697. The summed E-state index contributed by atoms with van der Waals surface area (Å²) in [5.41, 5.74) is 0. The molecule has 0 amide bonds. The summed E-state index contributed by atoms with van der Waals surface area (Å²) in [6, 6.07) is 21.1. The highest BCUT2D eigenvalue weighted by atomic mass is 28.4. The molecule has 2 atom stereocenters. The molecule has 2 aromatic rings. The molecule has 4 heteroatoms. The molecule has 0 bridgehead atoms. The molecule has 26 heavy (non-hydrogen) atoms. The third-order valence-corrected chi connectivity index (χ3v) is 10.6. The molecule has 1 fully saturated rings. The first-order chi connectivity index (χ1) is 12.3. The highest BCUT2D eigenvalue weighted by Crippen LogP contribution is 2.40. The molecule has 1 aliphatic carbocycles. The van der Waals surface area contributed by atoms with Crippen molar-refractivity contribution in [2.75, 3.05) is 0 Å². The molecule has 0 spiro atoms. The first-order valence-corrected chi connectivity index (χ1v) is 11.3. The van der Waals surface area contributed by atoms with E-state index in [0.29, 0.717) is 12.8 Å². The van der Waals surface area contributed by atoms with Gasteiger partial charge in [-0.05, 0) is 34.7 Å². The zero-order valence-electron chi connectivity index (χ0n) is 15.8. The fourth-order valence-electron chi connectivity index (χ4n) is 4.21. The summed E-state index contributed by atoms with van der Waals surface area (Å²) < 4.78 is 6.99. The lowest BCUT2D eigenvalue weighted by molar-refractivity contribution is -0.141. The normalized spacial score (nSPS) is 20.9. The van der Waals surface area contributed by atoms with E-state index in [1.165, 1.54) is 10.4 Å². The monoisotopic (exact) mass is 368 g/mol. The van der Waals surface area contributed by atoms with Gasteiger partial charge in [0.05, 0.1) is 5.92 Å². The molecule has 138 valence electrons. The van der Waals surface area contributed by atoms with E-state index in [-0.39, 0.29) is 17.1 Å². The van der Waals surface area contributed by atoms with E-state index in [4.69, 9.17) is 4.43 Å². The van der Waals surface area contributed by atoms with Crippen LogP contribution in [0, 0.1) is 5.92 Å². The van der Waals surface area contributed by atoms with Crippen LogP contribution in [0.3, 0.4) is 0 Å². The van der Waals surface area contributed by atoms with Gasteiger partial charge in [-0.25, -0.2) is 0 Å². The number of hydrogen-bond donors (Lipinski definition) is 1. The van der Waals surface area contributed by atoms with Gasteiger partial charge in [0.1, 0.15) is 0 Å². The van der Waals surface area contributed by atoms with E-state index < -0.39 is 14.3 Å². The molecule has 1 aliphatic rings. The fourth-order valence-corrected chi connectivity index (χ4v) is 8.94. The van der Waals surface area contributed by atoms with E-state index >= 15 is 0 Å². The molecule has 1 N–H and O–H groups in total. The van der Waals surface area contributed by atoms with Crippen molar-refractivity contribution in [1.82, 2.24) is 0 Å². The Hall–Kier alpha value is -1.91. The van der Waals surface area contributed by atoms with Crippen LogP contribution in [-0.4, -0.2) is 25.5 Å². The first kappa shape index (κ1) is 18.9. The molecule has 2 aromatic carbocycles. The lowest BCUT2D eigenvalue weighted by atomic mass is 10.1. The lowest BCUT2D eigenvalue weighted by Gasteiger charge is -2.44. The lowest BCUT2D eigenvalue weighted by Crippen LogP contribution is -2.67. The van der Waals surface area contributed by atoms with Crippen molar-refractivity contribution in [3.8, 4) is 0 Å². The summed E-state index contributed by atoms with van der Waals surface area (Å²) in [5.74, 6) is -0.975. The molecule has 0 aliphatic heterocycles. The van der Waals surface area contributed by atoms with Crippen LogP contribution in [0.4, 0.5) is 0 Å². The van der Waals surface area contributed by atoms with Crippen LogP contribution < -0.4 is 10.4 Å². The summed E-state index contributed by atoms with van der Waals surface area (Å²) in [6.07, 6.45) is 2.14. The van der Waals surface area contributed by atoms with Crippen molar-refractivity contribution in [3.05, 3.63) is 60.7 Å². The standard InChI is InChI=1S/C22H28O3Si/c1-22(2,3)26(19-10-6-4-7-11-19,20-12-8-5-9-13-20)25-18-15-14-17(16-18)21(23)24/h4-13,17-18H,14-16H2,1-3H3,(H,23,24)/t17-,18+/m0/s1. The zero-order valence-corrected chi connectivity index (χ0v) is 16.8. The minimum absolute atomic E-state index is 0.00223. The maximum Gasteiger partial charge on any atom is 0.306 e. The quantitative estimate of drug-likeness (QED) is 0.816. The van der Waals surface area contributed by atoms with Gasteiger partial charge in [-0.15, -0.1) is 0 Å². The summed E-state index contributed by atoms with van der Waals surface area (Å²) in [5, 5.41) is 11.8. The van der Waals surface area contributed by atoms with Crippen LogP contribution in [0.25, 0.3) is 0 Å². The average molecular weight is 369 g/mol. The molecule has 3 rings (SSSR count). The summed E-state index contributed by atoms with van der Waals surface area (Å²) in [7, 11) is -2.57. The van der Waals surface area contributed by atoms with E-state index in [2.05, 4.69) is 69.3 Å². The van der Waals surface area contributed by atoms with Crippen molar-refractivity contribution < 1.29 is 14.3 Å². The SMILES string of the molecule is CC(C)(C)[Si](O[C@@H]1CC[C@H](C(=O)O)C1)(c1ccccc1)c1ccccc1. The highest BCUT2D eigenvalue weighted by molar-refractivity contribution is 6.99. The summed E-state index contributed by atoms with van der Waals surface area (Å²) in [6.45, 7) is 6.76. The predicted octanol–water partition coefficient (Wildman–Crippen LogP) is 3.82. The van der Waals surface area contributed by atoms with Gasteiger partial charge in [-0.3, -0.25) is 4.79 Å². The maximum atomic E-state index is 11.4. The number of benzene rings is 2. The molecule has 0 radical (unpaired) electrons.